The number of ether oxygens (including phenoxy) is 1. The molecule has 2 fully saturated rings. The number of nitrogens with one attached hydrogen (secondary N) is 1. The smallest absolute Gasteiger partial charge is 0.252 e. The van der Waals surface area contributed by atoms with Gasteiger partial charge in [-0.2, -0.15) is 9.29 Å². The SMILES string of the molecule is COc1ccc(C(=O)NC2(c3noc(C)n3)CCCCCC2)cc1S(=O)(=O)N1CCCCC1C. The zero-order valence-corrected chi connectivity index (χ0v) is 21.0. The molecule has 1 atom stereocenters. The molecule has 1 aliphatic heterocycles. The minimum atomic E-state index is -3.82. The Morgan fingerprint density at radius 3 is 2.53 bits per heavy atom. The number of rotatable bonds is 6. The van der Waals surface area contributed by atoms with E-state index < -0.39 is 15.6 Å². The Kier molecular flexibility index (Phi) is 7.28. The Bertz CT molecular complexity index is 1120. The predicted octanol–water partition coefficient (Wildman–Crippen LogP) is 3.93. The molecule has 1 unspecified atom stereocenters. The first-order chi connectivity index (χ1) is 16.3. The molecule has 2 aliphatic rings. The van der Waals surface area contributed by atoms with E-state index in [-0.39, 0.29) is 28.2 Å². The molecule has 0 radical (unpaired) electrons. The largest absolute Gasteiger partial charge is 0.495 e. The van der Waals surface area contributed by atoms with Crippen LogP contribution in [0, 0.1) is 6.92 Å². The topological polar surface area (TPSA) is 115 Å². The molecule has 2 aromatic rings. The van der Waals surface area contributed by atoms with Crippen LogP contribution in [0.2, 0.25) is 0 Å². The molecule has 34 heavy (non-hydrogen) atoms. The summed E-state index contributed by atoms with van der Waals surface area (Å²) >= 11 is 0. The van der Waals surface area contributed by atoms with Crippen LogP contribution in [-0.4, -0.2) is 48.5 Å². The van der Waals surface area contributed by atoms with Gasteiger partial charge in [0, 0.05) is 25.1 Å². The maximum Gasteiger partial charge on any atom is 0.252 e. The van der Waals surface area contributed by atoms with Gasteiger partial charge in [-0.1, -0.05) is 37.3 Å². The van der Waals surface area contributed by atoms with Crippen LogP contribution in [0.4, 0.5) is 0 Å². The highest BCUT2D eigenvalue weighted by Crippen LogP contribution is 2.36. The van der Waals surface area contributed by atoms with Gasteiger partial charge >= 0.3 is 0 Å². The summed E-state index contributed by atoms with van der Waals surface area (Å²) in [4.78, 5) is 17.9. The maximum atomic E-state index is 13.6. The van der Waals surface area contributed by atoms with Crippen molar-refractivity contribution in [2.75, 3.05) is 13.7 Å². The molecule has 1 aromatic heterocycles. The molecule has 0 spiro atoms. The number of methoxy groups -OCH3 is 1. The van der Waals surface area contributed by atoms with Gasteiger partial charge in [-0.05, 0) is 50.8 Å². The lowest BCUT2D eigenvalue weighted by atomic mass is 9.88. The second kappa shape index (κ2) is 10.0. The number of amides is 1. The molecule has 1 aliphatic carbocycles. The number of nitrogens with zero attached hydrogens (tertiary/aromatic N) is 3. The predicted molar refractivity (Wildman–Crippen MR) is 126 cm³/mol. The lowest BCUT2D eigenvalue weighted by Crippen LogP contribution is -2.46. The van der Waals surface area contributed by atoms with Crippen LogP contribution in [0.1, 0.15) is 86.8 Å². The fourth-order valence-electron chi connectivity index (χ4n) is 5.09. The Hall–Kier alpha value is -2.46. The Morgan fingerprint density at radius 2 is 1.91 bits per heavy atom. The van der Waals surface area contributed by atoms with Crippen LogP contribution in [0.25, 0.3) is 0 Å². The average molecular weight is 491 g/mol. The van der Waals surface area contributed by atoms with E-state index in [0.29, 0.717) is 31.1 Å². The first-order valence-electron chi connectivity index (χ1n) is 12.1. The summed E-state index contributed by atoms with van der Waals surface area (Å²) < 4.78 is 39.2. The fraction of sp³-hybridized carbons (Fsp3) is 0.625. The number of aryl methyl sites for hydroxylation is 1. The minimum Gasteiger partial charge on any atom is -0.495 e. The van der Waals surface area contributed by atoms with Crippen LogP contribution in [-0.2, 0) is 15.6 Å². The summed E-state index contributed by atoms with van der Waals surface area (Å²) in [5, 5.41) is 7.28. The van der Waals surface area contributed by atoms with Crippen LogP contribution in [0.3, 0.4) is 0 Å². The number of carbonyl (C=O) groups is 1. The van der Waals surface area contributed by atoms with Gasteiger partial charge in [-0.25, -0.2) is 8.42 Å². The van der Waals surface area contributed by atoms with Crippen molar-refractivity contribution in [1.82, 2.24) is 19.8 Å². The van der Waals surface area contributed by atoms with Gasteiger partial charge < -0.3 is 14.6 Å². The Balaban J connectivity index is 1.68. The molecular weight excluding hydrogens is 456 g/mol. The van der Waals surface area contributed by atoms with E-state index in [1.165, 1.54) is 17.5 Å². The Morgan fingerprint density at radius 1 is 1.18 bits per heavy atom. The van der Waals surface area contributed by atoms with E-state index in [9.17, 15) is 13.2 Å². The summed E-state index contributed by atoms with van der Waals surface area (Å²) in [7, 11) is -2.39. The molecule has 4 rings (SSSR count). The van der Waals surface area contributed by atoms with Gasteiger partial charge in [0.15, 0.2) is 5.82 Å². The number of sulfonamides is 1. The molecule has 186 valence electrons. The number of hydrogen-bond donors (Lipinski definition) is 1. The van der Waals surface area contributed by atoms with Gasteiger partial charge in [-0.15, -0.1) is 0 Å². The molecule has 1 amide bonds. The second-order valence-electron chi connectivity index (χ2n) is 9.41. The molecule has 9 nitrogen and oxygen atoms in total. The van der Waals surface area contributed by atoms with Crippen molar-refractivity contribution >= 4 is 15.9 Å². The fourth-order valence-corrected chi connectivity index (χ4v) is 6.98. The van der Waals surface area contributed by atoms with E-state index in [1.807, 2.05) is 6.92 Å². The number of carbonyl (C=O) groups excluding carboxylic acids is 1. The van der Waals surface area contributed by atoms with E-state index in [1.54, 1.807) is 19.1 Å². The third-order valence-corrected chi connectivity index (χ3v) is 9.05. The zero-order valence-electron chi connectivity index (χ0n) is 20.2. The number of benzene rings is 1. The molecule has 1 saturated heterocycles. The van der Waals surface area contributed by atoms with E-state index in [2.05, 4.69) is 15.5 Å². The van der Waals surface area contributed by atoms with Crippen molar-refractivity contribution in [3.63, 3.8) is 0 Å². The standard InChI is InChI=1S/C24H34N4O5S/c1-17-10-6-9-15-28(17)34(30,31)21-16-19(11-12-20(21)32-3)22(29)26-24(13-7-4-5-8-14-24)23-25-18(2)33-27-23/h11-12,16-17H,4-10,13-15H2,1-3H3,(H,26,29). The van der Waals surface area contributed by atoms with Gasteiger partial charge in [0.05, 0.1) is 7.11 Å². The van der Waals surface area contributed by atoms with Crippen LogP contribution in [0.5, 0.6) is 5.75 Å². The van der Waals surface area contributed by atoms with Gasteiger partial charge in [0.2, 0.25) is 15.9 Å². The highest BCUT2D eigenvalue weighted by molar-refractivity contribution is 7.89. The second-order valence-corrected chi connectivity index (χ2v) is 11.3. The van der Waals surface area contributed by atoms with Crippen molar-refractivity contribution in [1.29, 1.82) is 0 Å². The molecule has 10 heteroatoms. The number of aromatic nitrogens is 2. The van der Waals surface area contributed by atoms with Gasteiger partial charge in [-0.3, -0.25) is 4.79 Å². The average Bonchev–Trinajstić information content (AvgIpc) is 3.13. The number of piperidine rings is 1. The summed E-state index contributed by atoms with van der Waals surface area (Å²) in [6.07, 6.45) is 8.05. The first-order valence-corrected chi connectivity index (χ1v) is 13.5. The summed E-state index contributed by atoms with van der Waals surface area (Å²) in [6.45, 7) is 4.11. The van der Waals surface area contributed by atoms with Crippen LogP contribution >= 0.6 is 0 Å². The summed E-state index contributed by atoms with van der Waals surface area (Å²) in [5.41, 5.74) is -0.487. The highest BCUT2D eigenvalue weighted by atomic mass is 32.2. The molecular formula is C24H34N4O5S. The van der Waals surface area contributed by atoms with Crippen molar-refractivity contribution < 1.29 is 22.5 Å². The zero-order chi connectivity index (χ0) is 24.3. The quantitative estimate of drug-likeness (QED) is 0.610. The molecule has 0 bridgehead atoms. The molecule has 1 saturated carbocycles. The van der Waals surface area contributed by atoms with E-state index in [4.69, 9.17) is 9.26 Å². The van der Waals surface area contributed by atoms with Crippen molar-refractivity contribution in [2.45, 2.75) is 88.1 Å². The lowest BCUT2D eigenvalue weighted by molar-refractivity contribution is 0.0876. The summed E-state index contributed by atoms with van der Waals surface area (Å²) in [5.74, 6) is 0.785. The monoisotopic (exact) mass is 490 g/mol. The van der Waals surface area contributed by atoms with Crippen molar-refractivity contribution in [3.05, 3.63) is 35.5 Å². The third-order valence-electron chi connectivity index (χ3n) is 7.02. The third kappa shape index (κ3) is 4.84. The van der Waals surface area contributed by atoms with E-state index in [0.717, 1.165) is 44.9 Å². The van der Waals surface area contributed by atoms with Crippen molar-refractivity contribution in [3.8, 4) is 5.75 Å². The lowest BCUT2D eigenvalue weighted by Gasteiger charge is -2.33. The van der Waals surface area contributed by atoms with Crippen molar-refractivity contribution in [2.24, 2.45) is 0 Å². The maximum absolute atomic E-state index is 13.6. The normalized spacial score (nSPS) is 21.6. The number of hydrogen-bond acceptors (Lipinski definition) is 7. The Labute approximate surface area is 201 Å². The minimum absolute atomic E-state index is 0.0155. The molecule has 1 N–H and O–H groups in total. The molecule has 2 heterocycles. The van der Waals surface area contributed by atoms with Crippen LogP contribution in [0.15, 0.2) is 27.6 Å². The molecule has 1 aromatic carbocycles. The first kappa shape index (κ1) is 24.7. The highest BCUT2D eigenvalue weighted by Gasteiger charge is 2.40. The van der Waals surface area contributed by atoms with Gasteiger partial charge in [0.1, 0.15) is 16.2 Å². The summed E-state index contributed by atoms with van der Waals surface area (Å²) in [6, 6.07) is 4.47. The van der Waals surface area contributed by atoms with E-state index >= 15 is 0 Å². The van der Waals surface area contributed by atoms with Gasteiger partial charge in [0.25, 0.3) is 5.91 Å². The van der Waals surface area contributed by atoms with Crippen LogP contribution < -0.4 is 10.1 Å².